The van der Waals surface area contributed by atoms with E-state index < -0.39 is 6.04 Å². The van der Waals surface area contributed by atoms with Gasteiger partial charge in [-0.15, -0.1) is 0 Å². The molecular weight excluding hydrogens is 342 g/mol. The maximum Gasteiger partial charge on any atom is 0.237 e. The molecule has 0 unspecified atom stereocenters. The van der Waals surface area contributed by atoms with Gasteiger partial charge >= 0.3 is 0 Å². The number of piperazine rings is 1. The fourth-order valence-corrected chi connectivity index (χ4v) is 3.77. The summed E-state index contributed by atoms with van der Waals surface area (Å²) in [6.07, 6.45) is 7.06. The number of carbonyl (C=O) groups is 2. The highest BCUT2D eigenvalue weighted by molar-refractivity contribution is 5.89. The van der Waals surface area contributed by atoms with Crippen molar-refractivity contribution in [2.24, 2.45) is 0 Å². The number of rotatable bonds is 6. The third-order valence-corrected chi connectivity index (χ3v) is 5.33. The zero-order chi connectivity index (χ0) is 19.1. The van der Waals surface area contributed by atoms with Gasteiger partial charge in [0, 0.05) is 25.7 Å². The largest absolute Gasteiger partial charge is 0.393 e. The summed E-state index contributed by atoms with van der Waals surface area (Å²) in [5.41, 5.74) is 1.12. The summed E-state index contributed by atoms with van der Waals surface area (Å²) in [5, 5.41) is 15.5. The van der Waals surface area contributed by atoms with E-state index in [4.69, 9.17) is 0 Å². The topological polar surface area (TPSA) is 81.7 Å². The zero-order valence-electron chi connectivity index (χ0n) is 15.6. The highest BCUT2D eigenvalue weighted by atomic mass is 16.3. The highest BCUT2D eigenvalue weighted by Crippen LogP contribution is 2.19. The van der Waals surface area contributed by atoms with Gasteiger partial charge < -0.3 is 15.7 Å². The summed E-state index contributed by atoms with van der Waals surface area (Å²) in [6.45, 7) is 1.98. The van der Waals surface area contributed by atoms with Crippen LogP contribution in [-0.4, -0.2) is 59.6 Å². The zero-order valence-corrected chi connectivity index (χ0v) is 15.6. The second-order valence-electron chi connectivity index (χ2n) is 7.39. The van der Waals surface area contributed by atoms with Crippen LogP contribution in [0.1, 0.15) is 37.7 Å². The molecule has 3 rings (SSSR count). The minimum atomic E-state index is -0.437. The lowest BCUT2D eigenvalue weighted by Crippen LogP contribution is -2.56. The molecule has 2 fully saturated rings. The Morgan fingerprint density at radius 1 is 1.22 bits per heavy atom. The molecule has 6 nitrogen and oxygen atoms in total. The second kappa shape index (κ2) is 9.67. The molecule has 2 aliphatic rings. The molecule has 2 amide bonds. The number of hydrogen-bond donors (Lipinski definition) is 3. The van der Waals surface area contributed by atoms with E-state index in [9.17, 15) is 14.7 Å². The molecule has 1 aliphatic heterocycles. The van der Waals surface area contributed by atoms with Gasteiger partial charge in [0.15, 0.2) is 0 Å². The van der Waals surface area contributed by atoms with Gasteiger partial charge in [-0.2, -0.15) is 0 Å². The summed E-state index contributed by atoms with van der Waals surface area (Å²) in [4.78, 5) is 26.8. The van der Waals surface area contributed by atoms with Gasteiger partial charge in [0.2, 0.25) is 11.8 Å². The number of aliphatic hydroxyl groups is 1. The maximum atomic E-state index is 12.4. The van der Waals surface area contributed by atoms with E-state index in [0.29, 0.717) is 13.1 Å². The van der Waals surface area contributed by atoms with E-state index >= 15 is 0 Å². The monoisotopic (exact) mass is 371 g/mol. The van der Waals surface area contributed by atoms with E-state index in [1.54, 1.807) is 0 Å². The molecule has 1 saturated heterocycles. The van der Waals surface area contributed by atoms with Crippen LogP contribution in [0.3, 0.4) is 0 Å². The lowest BCUT2D eigenvalue weighted by molar-refractivity contribution is -0.134. The molecule has 1 saturated carbocycles. The molecule has 1 aromatic rings. The Kier molecular flexibility index (Phi) is 7.01. The van der Waals surface area contributed by atoms with Crippen LogP contribution < -0.4 is 10.6 Å². The third kappa shape index (κ3) is 5.91. The van der Waals surface area contributed by atoms with Crippen LogP contribution in [0.4, 0.5) is 0 Å². The summed E-state index contributed by atoms with van der Waals surface area (Å²) in [7, 11) is 0. The highest BCUT2D eigenvalue weighted by Gasteiger charge is 2.31. The average Bonchev–Trinajstić information content (AvgIpc) is 2.67. The van der Waals surface area contributed by atoms with Crippen molar-refractivity contribution in [1.29, 1.82) is 0 Å². The minimum Gasteiger partial charge on any atom is -0.393 e. The Hall–Kier alpha value is -2.18. The minimum absolute atomic E-state index is 0.0800. The first kappa shape index (κ1) is 19.6. The van der Waals surface area contributed by atoms with E-state index in [1.165, 1.54) is 0 Å². The van der Waals surface area contributed by atoms with Gasteiger partial charge in [0.25, 0.3) is 0 Å². The fraction of sp³-hybridized carbons (Fsp3) is 0.524. The first-order chi connectivity index (χ1) is 13.1. The summed E-state index contributed by atoms with van der Waals surface area (Å²) in [5.74, 6) is -0.168. The Bertz CT molecular complexity index is 654. The number of carbonyl (C=O) groups excluding carboxylic acids is 2. The van der Waals surface area contributed by atoms with Crippen LogP contribution in [0.2, 0.25) is 0 Å². The lowest BCUT2D eigenvalue weighted by atomic mass is 9.93. The number of amides is 2. The fourth-order valence-electron chi connectivity index (χ4n) is 3.77. The van der Waals surface area contributed by atoms with Crippen molar-refractivity contribution < 1.29 is 14.7 Å². The third-order valence-electron chi connectivity index (χ3n) is 5.33. The number of benzene rings is 1. The van der Waals surface area contributed by atoms with Crippen LogP contribution in [0.5, 0.6) is 0 Å². The molecule has 0 bridgehead atoms. The molecule has 3 N–H and O–H groups in total. The molecule has 0 aromatic heterocycles. The molecule has 0 spiro atoms. The van der Waals surface area contributed by atoms with Gasteiger partial charge in [-0.1, -0.05) is 42.5 Å². The SMILES string of the molecule is O=C(C[C@@H]1C(=O)NCCN1C/C=C/c1ccccc1)NC1CCC(O)CC1. The van der Waals surface area contributed by atoms with Crippen LogP contribution >= 0.6 is 0 Å². The van der Waals surface area contributed by atoms with E-state index in [1.807, 2.05) is 42.5 Å². The van der Waals surface area contributed by atoms with Crippen LogP contribution in [0.15, 0.2) is 36.4 Å². The van der Waals surface area contributed by atoms with Crippen molar-refractivity contribution in [3.63, 3.8) is 0 Å². The van der Waals surface area contributed by atoms with Gasteiger partial charge in [-0.25, -0.2) is 0 Å². The average molecular weight is 371 g/mol. The molecular formula is C21H29N3O3. The summed E-state index contributed by atoms with van der Waals surface area (Å²) >= 11 is 0. The quantitative estimate of drug-likeness (QED) is 0.704. The Morgan fingerprint density at radius 2 is 1.96 bits per heavy atom. The number of nitrogens with one attached hydrogen (secondary N) is 2. The number of nitrogens with zero attached hydrogens (tertiary/aromatic N) is 1. The second-order valence-corrected chi connectivity index (χ2v) is 7.39. The van der Waals surface area contributed by atoms with Gasteiger partial charge in [0.05, 0.1) is 18.6 Å². The van der Waals surface area contributed by atoms with Crippen molar-refractivity contribution in [3.05, 3.63) is 42.0 Å². The van der Waals surface area contributed by atoms with E-state index in [-0.39, 0.29) is 30.4 Å². The number of aliphatic hydroxyl groups excluding tert-OH is 1. The molecule has 1 heterocycles. The Labute approximate surface area is 160 Å². The normalized spacial score (nSPS) is 26.7. The summed E-state index contributed by atoms with van der Waals surface area (Å²) in [6, 6.07) is 9.70. The molecule has 1 atom stereocenters. The van der Waals surface area contributed by atoms with Crippen molar-refractivity contribution in [2.75, 3.05) is 19.6 Å². The molecule has 27 heavy (non-hydrogen) atoms. The molecule has 1 aromatic carbocycles. The predicted octanol–water partition coefficient (Wildman–Crippen LogP) is 1.31. The Morgan fingerprint density at radius 3 is 2.70 bits per heavy atom. The van der Waals surface area contributed by atoms with Crippen molar-refractivity contribution >= 4 is 17.9 Å². The van der Waals surface area contributed by atoms with Crippen LogP contribution in [0, 0.1) is 0 Å². The van der Waals surface area contributed by atoms with Crippen molar-refractivity contribution in [2.45, 2.75) is 50.3 Å². The first-order valence-electron chi connectivity index (χ1n) is 9.82. The van der Waals surface area contributed by atoms with Gasteiger partial charge in [-0.3, -0.25) is 14.5 Å². The van der Waals surface area contributed by atoms with E-state index in [0.717, 1.165) is 37.8 Å². The standard InChI is InChI=1S/C21H29N3O3/c25-18-10-8-17(9-11-18)23-20(26)15-19-21(27)22-12-14-24(19)13-4-7-16-5-2-1-3-6-16/h1-7,17-19,25H,8-15H2,(H,22,27)(H,23,26)/b7-4+/t17?,18?,19-/m1/s1. The molecule has 6 heteroatoms. The number of hydrogen-bond acceptors (Lipinski definition) is 4. The summed E-state index contributed by atoms with van der Waals surface area (Å²) < 4.78 is 0. The van der Waals surface area contributed by atoms with Crippen molar-refractivity contribution in [1.82, 2.24) is 15.5 Å². The molecule has 146 valence electrons. The van der Waals surface area contributed by atoms with Crippen molar-refractivity contribution in [3.8, 4) is 0 Å². The van der Waals surface area contributed by atoms with Gasteiger partial charge in [0.1, 0.15) is 0 Å². The first-order valence-corrected chi connectivity index (χ1v) is 9.82. The maximum absolute atomic E-state index is 12.4. The lowest BCUT2D eigenvalue weighted by Gasteiger charge is -2.34. The predicted molar refractivity (Wildman–Crippen MR) is 105 cm³/mol. The smallest absolute Gasteiger partial charge is 0.237 e. The molecule has 0 radical (unpaired) electrons. The Balaban J connectivity index is 1.53. The van der Waals surface area contributed by atoms with Crippen LogP contribution in [-0.2, 0) is 9.59 Å². The van der Waals surface area contributed by atoms with E-state index in [2.05, 4.69) is 15.5 Å². The van der Waals surface area contributed by atoms with Gasteiger partial charge in [-0.05, 0) is 31.2 Å². The van der Waals surface area contributed by atoms with Crippen LogP contribution in [0.25, 0.3) is 6.08 Å². The molecule has 1 aliphatic carbocycles.